The van der Waals surface area contributed by atoms with E-state index in [1.807, 2.05) is 26.0 Å². The number of nitrogens with one attached hydrogen (secondary N) is 3. The van der Waals surface area contributed by atoms with Gasteiger partial charge in [0.25, 0.3) is 5.91 Å². The van der Waals surface area contributed by atoms with E-state index in [0.29, 0.717) is 26.6 Å². The fourth-order valence-corrected chi connectivity index (χ4v) is 3.81. The average Bonchev–Trinajstić information content (AvgIpc) is 3.18. The van der Waals surface area contributed by atoms with Gasteiger partial charge in [0.15, 0.2) is 0 Å². The van der Waals surface area contributed by atoms with Gasteiger partial charge >= 0.3 is 11.8 Å². The van der Waals surface area contributed by atoms with Gasteiger partial charge in [-0.25, -0.2) is 4.68 Å². The number of nitrogens with zero attached hydrogens (tertiary/aromatic N) is 1. The van der Waals surface area contributed by atoms with Gasteiger partial charge in [0.1, 0.15) is 5.69 Å². The molecule has 3 amide bonds. The lowest BCUT2D eigenvalue weighted by atomic mass is 10.1. The zero-order chi connectivity index (χ0) is 25.1. The van der Waals surface area contributed by atoms with Crippen LogP contribution in [0.25, 0.3) is 10.9 Å². The minimum absolute atomic E-state index is 0.138. The Morgan fingerprint density at radius 2 is 1.51 bits per heavy atom. The highest BCUT2D eigenvalue weighted by molar-refractivity contribution is 6.38. The van der Waals surface area contributed by atoms with Crippen LogP contribution in [0.5, 0.6) is 0 Å². The first-order valence-corrected chi connectivity index (χ1v) is 11.5. The fraction of sp³-hybridized carbons (Fsp3) is 0.115. The molecule has 0 saturated heterocycles. The number of halogens is 2. The summed E-state index contributed by atoms with van der Waals surface area (Å²) in [6.07, 6.45) is 0. The monoisotopic (exact) mass is 508 g/mol. The second kappa shape index (κ2) is 10.2. The van der Waals surface area contributed by atoms with E-state index in [0.717, 1.165) is 16.7 Å². The standard InChI is InChI=1S/C26H22Cl2N4O3/c1-15-3-9-21(11-16(15)2)30-24(33)23-13-18-12-20(28)8-10-22(18)32(23)31-26(35)25(34)29-14-17-4-6-19(27)7-5-17/h3-13H,14H2,1-2H3,(H,29,34)(H,30,33)(H,31,35). The van der Waals surface area contributed by atoms with Gasteiger partial charge in [0.2, 0.25) is 0 Å². The third-order valence-corrected chi connectivity index (χ3v) is 6.03. The first-order valence-electron chi connectivity index (χ1n) is 10.7. The highest BCUT2D eigenvalue weighted by atomic mass is 35.5. The Bertz CT molecular complexity index is 1450. The first kappa shape index (κ1) is 24.3. The van der Waals surface area contributed by atoms with Crippen molar-refractivity contribution >= 4 is 57.5 Å². The maximum absolute atomic E-state index is 13.1. The fourth-order valence-electron chi connectivity index (χ4n) is 3.51. The molecule has 0 fully saturated rings. The molecule has 0 saturated carbocycles. The molecule has 4 rings (SSSR count). The van der Waals surface area contributed by atoms with Crippen molar-refractivity contribution in [3.05, 3.63) is 99.2 Å². The normalized spacial score (nSPS) is 10.7. The van der Waals surface area contributed by atoms with Gasteiger partial charge in [0, 0.05) is 27.7 Å². The minimum Gasteiger partial charge on any atom is -0.344 e. The van der Waals surface area contributed by atoms with Crippen LogP contribution in [0.3, 0.4) is 0 Å². The Labute approximate surface area is 212 Å². The number of carbonyl (C=O) groups is 3. The summed E-state index contributed by atoms with van der Waals surface area (Å²) in [4.78, 5) is 38.3. The van der Waals surface area contributed by atoms with Crippen LogP contribution in [0.4, 0.5) is 5.69 Å². The molecule has 0 radical (unpaired) electrons. The van der Waals surface area contributed by atoms with Crippen molar-refractivity contribution in [2.75, 3.05) is 10.7 Å². The molecule has 1 heterocycles. The summed E-state index contributed by atoms with van der Waals surface area (Å²) in [7, 11) is 0. The van der Waals surface area contributed by atoms with Crippen LogP contribution in [0.15, 0.2) is 66.7 Å². The third-order valence-electron chi connectivity index (χ3n) is 5.55. The van der Waals surface area contributed by atoms with Crippen molar-refractivity contribution in [3.8, 4) is 0 Å². The predicted octanol–water partition coefficient (Wildman–Crippen LogP) is 5.20. The number of carbonyl (C=O) groups excluding carboxylic acids is 3. The molecule has 3 N–H and O–H groups in total. The molecular weight excluding hydrogens is 487 g/mol. The number of benzene rings is 3. The summed E-state index contributed by atoms with van der Waals surface area (Å²) in [6.45, 7) is 4.08. The number of hydrogen-bond acceptors (Lipinski definition) is 3. The van der Waals surface area contributed by atoms with Crippen LogP contribution >= 0.6 is 23.2 Å². The van der Waals surface area contributed by atoms with E-state index in [9.17, 15) is 14.4 Å². The maximum atomic E-state index is 13.1. The second-order valence-electron chi connectivity index (χ2n) is 8.07. The summed E-state index contributed by atoms with van der Waals surface area (Å²) in [5.74, 6) is -2.23. The maximum Gasteiger partial charge on any atom is 0.328 e. The number of rotatable bonds is 5. The number of hydrogen-bond donors (Lipinski definition) is 3. The summed E-state index contributed by atoms with van der Waals surface area (Å²) < 4.78 is 1.28. The molecule has 1 aromatic heterocycles. The molecule has 0 atom stereocenters. The number of aromatic nitrogens is 1. The molecule has 3 aromatic carbocycles. The lowest BCUT2D eigenvalue weighted by Gasteiger charge is -2.13. The van der Waals surface area contributed by atoms with Crippen LogP contribution in [0, 0.1) is 13.8 Å². The van der Waals surface area contributed by atoms with Gasteiger partial charge in [-0.1, -0.05) is 41.4 Å². The SMILES string of the molecule is Cc1ccc(NC(=O)c2cc3cc(Cl)ccc3n2NC(=O)C(=O)NCc2ccc(Cl)cc2)cc1C. The van der Waals surface area contributed by atoms with E-state index in [1.54, 1.807) is 54.6 Å². The smallest absolute Gasteiger partial charge is 0.328 e. The lowest BCUT2D eigenvalue weighted by Crippen LogP contribution is -2.39. The van der Waals surface area contributed by atoms with Crippen molar-refractivity contribution in [1.29, 1.82) is 0 Å². The second-order valence-corrected chi connectivity index (χ2v) is 8.94. The van der Waals surface area contributed by atoms with E-state index in [2.05, 4.69) is 16.1 Å². The topological polar surface area (TPSA) is 92.2 Å². The van der Waals surface area contributed by atoms with Crippen LogP contribution in [0.2, 0.25) is 10.0 Å². The number of anilines is 1. The molecule has 0 aliphatic heterocycles. The Morgan fingerprint density at radius 1 is 0.800 bits per heavy atom. The van der Waals surface area contributed by atoms with Crippen molar-refractivity contribution in [3.63, 3.8) is 0 Å². The zero-order valence-electron chi connectivity index (χ0n) is 19.0. The number of amides is 3. The van der Waals surface area contributed by atoms with Gasteiger partial charge < -0.3 is 10.6 Å². The minimum atomic E-state index is -0.924. The van der Waals surface area contributed by atoms with E-state index in [4.69, 9.17) is 23.2 Å². The van der Waals surface area contributed by atoms with E-state index in [-0.39, 0.29) is 12.2 Å². The molecule has 0 unspecified atom stereocenters. The summed E-state index contributed by atoms with van der Waals surface area (Å²) in [5.41, 5.74) is 6.70. The largest absolute Gasteiger partial charge is 0.344 e. The van der Waals surface area contributed by atoms with E-state index >= 15 is 0 Å². The van der Waals surface area contributed by atoms with Gasteiger partial charge in [0.05, 0.1) is 5.52 Å². The van der Waals surface area contributed by atoms with Crippen molar-refractivity contribution in [1.82, 2.24) is 9.99 Å². The highest BCUT2D eigenvalue weighted by Crippen LogP contribution is 2.24. The van der Waals surface area contributed by atoms with Crippen molar-refractivity contribution in [2.45, 2.75) is 20.4 Å². The summed E-state index contributed by atoms with van der Waals surface area (Å²) in [5, 5.41) is 7.08. The molecule has 9 heteroatoms. The number of aryl methyl sites for hydroxylation is 2. The predicted molar refractivity (Wildman–Crippen MR) is 138 cm³/mol. The average molecular weight is 509 g/mol. The first-order chi connectivity index (χ1) is 16.7. The van der Waals surface area contributed by atoms with Gasteiger partial charge in [-0.05, 0) is 79.1 Å². The van der Waals surface area contributed by atoms with Gasteiger partial charge in [-0.3, -0.25) is 19.8 Å². The summed E-state index contributed by atoms with van der Waals surface area (Å²) >= 11 is 12.0. The zero-order valence-corrected chi connectivity index (χ0v) is 20.5. The quantitative estimate of drug-likeness (QED) is 0.323. The Kier molecular flexibility index (Phi) is 7.10. The Morgan fingerprint density at radius 3 is 2.23 bits per heavy atom. The molecule has 0 aliphatic carbocycles. The van der Waals surface area contributed by atoms with Crippen molar-refractivity contribution in [2.24, 2.45) is 0 Å². The highest BCUT2D eigenvalue weighted by Gasteiger charge is 2.21. The molecule has 0 bridgehead atoms. The van der Waals surface area contributed by atoms with Gasteiger partial charge in [-0.15, -0.1) is 0 Å². The third kappa shape index (κ3) is 5.65. The van der Waals surface area contributed by atoms with Crippen LogP contribution in [-0.2, 0) is 16.1 Å². The van der Waals surface area contributed by atoms with E-state index in [1.165, 1.54) is 4.68 Å². The molecule has 0 aliphatic rings. The Balaban J connectivity index is 1.56. The molecule has 35 heavy (non-hydrogen) atoms. The van der Waals surface area contributed by atoms with Gasteiger partial charge in [-0.2, -0.15) is 0 Å². The summed E-state index contributed by atoms with van der Waals surface area (Å²) in [6, 6.07) is 19.0. The Hall–Kier alpha value is -3.81. The molecule has 7 nitrogen and oxygen atoms in total. The molecule has 4 aromatic rings. The molecule has 178 valence electrons. The lowest BCUT2D eigenvalue weighted by molar-refractivity contribution is -0.136. The molecule has 0 spiro atoms. The molecular formula is C26H22Cl2N4O3. The number of fused-ring (bicyclic) bond motifs is 1. The van der Waals surface area contributed by atoms with Crippen molar-refractivity contribution < 1.29 is 14.4 Å². The van der Waals surface area contributed by atoms with Crippen LogP contribution in [-0.4, -0.2) is 22.4 Å². The van der Waals surface area contributed by atoms with E-state index < -0.39 is 17.7 Å². The van der Waals surface area contributed by atoms with Crippen LogP contribution < -0.4 is 16.1 Å². The van der Waals surface area contributed by atoms with Crippen LogP contribution in [0.1, 0.15) is 27.2 Å².